The van der Waals surface area contributed by atoms with Crippen LogP contribution in [0.2, 0.25) is 5.02 Å². The number of hydrogen-bond acceptors (Lipinski definition) is 2. The topological polar surface area (TPSA) is 46.3 Å². The first-order chi connectivity index (χ1) is 11.7. The summed E-state index contributed by atoms with van der Waals surface area (Å²) in [6.07, 6.45) is -3.99. The van der Waals surface area contributed by atoms with Gasteiger partial charge in [0.15, 0.2) is 0 Å². The molecule has 1 aliphatic heterocycles. The van der Waals surface area contributed by atoms with E-state index in [1.54, 1.807) is 19.1 Å². The third-order valence-corrected chi connectivity index (χ3v) is 4.64. The highest BCUT2D eigenvalue weighted by Crippen LogP contribution is 2.37. The monoisotopic (exact) mass is 368 g/mol. The van der Waals surface area contributed by atoms with Crippen molar-refractivity contribution in [3.8, 4) is 0 Å². The number of alkyl halides is 3. The van der Waals surface area contributed by atoms with Crippen LogP contribution in [0.15, 0.2) is 42.5 Å². The molecule has 0 aliphatic carbocycles. The predicted molar refractivity (Wildman–Crippen MR) is 90.5 cm³/mol. The summed E-state index contributed by atoms with van der Waals surface area (Å²) >= 11 is 6.05. The van der Waals surface area contributed by atoms with Gasteiger partial charge in [0.25, 0.3) is 0 Å². The van der Waals surface area contributed by atoms with Crippen molar-refractivity contribution in [2.24, 2.45) is 5.73 Å². The van der Waals surface area contributed by atoms with E-state index in [0.29, 0.717) is 22.7 Å². The molecule has 25 heavy (non-hydrogen) atoms. The van der Waals surface area contributed by atoms with Crippen molar-refractivity contribution in [3.63, 3.8) is 0 Å². The molecule has 0 fully saturated rings. The average molecular weight is 369 g/mol. The van der Waals surface area contributed by atoms with Gasteiger partial charge in [-0.05, 0) is 48.7 Å². The maximum Gasteiger partial charge on any atom is 0.416 e. The summed E-state index contributed by atoms with van der Waals surface area (Å²) in [5, 5.41) is 0.478. The summed E-state index contributed by atoms with van der Waals surface area (Å²) in [6, 6.07) is 8.85. The summed E-state index contributed by atoms with van der Waals surface area (Å²) < 4.78 is 38.2. The highest BCUT2D eigenvalue weighted by Gasteiger charge is 2.35. The molecule has 0 spiro atoms. The number of anilines is 1. The summed E-state index contributed by atoms with van der Waals surface area (Å²) in [6.45, 7) is 1.75. The van der Waals surface area contributed by atoms with Crippen LogP contribution in [-0.2, 0) is 17.4 Å². The van der Waals surface area contributed by atoms with Crippen LogP contribution in [0.25, 0.3) is 0 Å². The molecule has 1 heterocycles. The first-order valence-electron chi connectivity index (χ1n) is 7.72. The van der Waals surface area contributed by atoms with Crippen LogP contribution in [0.4, 0.5) is 18.9 Å². The Hall–Kier alpha value is -2.05. The fourth-order valence-electron chi connectivity index (χ4n) is 3.05. The van der Waals surface area contributed by atoms with E-state index in [0.717, 1.165) is 17.7 Å². The van der Waals surface area contributed by atoms with Gasteiger partial charge in [-0.2, -0.15) is 13.2 Å². The third-order valence-electron chi connectivity index (χ3n) is 4.41. The van der Waals surface area contributed by atoms with Crippen molar-refractivity contribution >= 4 is 23.2 Å². The van der Waals surface area contributed by atoms with Gasteiger partial charge in [-0.25, -0.2) is 0 Å². The van der Waals surface area contributed by atoms with Gasteiger partial charge in [-0.1, -0.05) is 29.8 Å². The Labute approximate surface area is 148 Å². The van der Waals surface area contributed by atoms with Crippen LogP contribution >= 0.6 is 11.6 Å². The largest absolute Gasteiger partial charge is 0.416 e. The molecule has 3 nitrogen and oxygen atoms in total. The lowest BCUT2D eigenvalue weighted by atomic mass is 9.94. The van der Waals surface area contributed by atoms with E-state index in [2.05, 4.69) is 0 Å². The second-order valence-electron chi connectivity index (χ2n) is 6.09. The van der Waals surface area contributed by atoms with Gasteiger partial charge in [-0.3, -0.25) is 4.79 Å². The Kier molecular flexibility index (Phi) is 4.51. The van der Waals surface area contributed by atoms with Gasteiger partial charge in [-0.15, -0.1) is 0 Å². The minimum absolute atomic E-state index is 0.276. The number of hydrogen-bond donors (Lipinski definition) is 1. The van der Waals surface area contributed by atoms with Crippen molar-refractivity contribution in [3.05, 3.63) is 64.2 Å². The molecule has 0 radical (unpaired) electrons. The zero-order chi connectivity index (χ0) is 18.4. The van der Waals surface area contributed by atoms with Gasteiger partial charge in [0, 0.05) is 10.7 Å². The molecule has 1 aliphatic rings. The van der Waals surface area contributed by atoms with E-state index in [-0.39, 0.29) is 5.91 Å². The van der Waals surface area contributed by atoms with Gasteiger partial charge >= 0.3 is 6.18 Å². The van der Waals surface area contributed by atoms with E-state index >= 15 is 0 Å². The Morgan fingerprint density at radius 1 is 1.20 bits per heavy atom. The normalized spacial score (nSPS) is 18.9. The second-order valence-corrected chi connectivity index (χ2v) is 6.52. The van der Waals surface area contributed by atoms with E-state index in [4.69, 9.17) is 17.3 Å². The molecule has 2 N–H and O–H groups in total. The molecular weight excluding hydrogens is 353 g/mol. The quantitative estimate of drug-likeness (QED) is 0.857. The Bertz CT molecular complexity index is 805. The average Bonchev–Trinajstić information content (AvgIpc) is 2.55. The van der Waals surface area contributed by atoms with Crippen molar-refractivity contribution in [1.82, 2.24) is 0 Å². The molecule has 2 aromatic rings. The van der Waals surface area contributed by atoms with Gasteiger partial charge < -0.3 is 10.6 Å². The molecule has 2 aromatic carbocycles. The zero-order valence-corrected chi connectivity index (χ0v) is 14.1. The summed E-state index contributed by atoms with van der Waals surface area (Å²) in [7, 11) is 0. The number of nitrogens with two attached hydrogens (primary N) is 1. The number of carbonyl (C=O) groups is 1. The van der Waals surface area contributed by atoms with Crippen molar-refractivity contribution in [2.75, 3.05) is 4.90 Å². The van der Waals surface area contributed by atoms with Crippen LogP contribution in [0, 0.1) is 0 Å². The van der Waals surface area contributed by atoms with E-state index in [1.807, 2.05) is 6.07 Å². The number of benzene rings is 2. The molecule has 0 saturated heterocycles. The van der Waals surface area contributed by atoms with Gasteiger partial charge in [0.1, 0.15) is 0 Å². The second kappa shape index (κ2) is 6.35. The minimum atomic E-state index is -4.40. The Balaban J connectivity index is 2.00. The number of fused-ring (bicyclic) bond motifs is 1. The molecular formula is C18H16ClF3N2O. The van der Waals surface area contributed by atoms with E-state index in [1.165, 1.54) is 17.0 Å². The van der Waals surface area contributed by atoms with E-state index < -0.39 is 23.8 Å². The maximum absolute atomic E-state index is 12.7. The summed E-state index contributed by atoms with van der Waals surface area (Å²) in [5.74, 6) is -0.276. The lowest BCUT2D eigenvalue weighted by Gasteiger charge is -2.37. The number of amides is 1. The van der Waals surface area contributed by atoms with Crippen molar-refractivity contribution < 1.29 is 18.0 Å². The number of halogens is 4. The lowest BCUT2D eigenvalue weighted by molar-refractivity contribution is -0.137. The lowest BCUT2D eigenvalue weighted by Crippen LogP contribution is -2.49. The Morgan fingerprint density at radius 3 is 2.44 bits per heavy atom. The summed E-state index contributed by atoms with van der Waals surface area (Å²) in [4.78, 5) is 14.1. The molecule has 2 atom stereocenters. The standard InChI is InChI=1S/C18H16ClF3N2O/c1-10(11-2-5-13(6-3-11)18(20,21)22)24-16-9-14(19)7-4-12(16)8-15(23)17(24)25/h2-7,9-10,15H,8,23H2,1H3/t10-,15+/m0/s1. The fraction of sp³-hybridized carbons (Fsp3) is 0.278. The number of rotatable bonds is 2. The highest BCUT2D eigenvalue weighted by atomic mass is 35.5. The zero-order valence-electron chi connectivity index (χ0n) is 13.3. The van der Waals surface area contributed by atoms with Crippen molar-refractivity contribution in [2.45, 2.75) is 31.6 Å². The maximum atomic E-state index is 12.7. The highest BCUT2D eigenvalue weighted by molar-refractivity contribution is 6.31. The molecule has 0 unspecified atom stereocenters. The summed E-state index contributed by atoms with van der Waals surface area (Å²) in [5.41, 5.74) is 7.33. The van der Waals surface area contributed by atoms with Crippen LogP contribution in [0.1, 0.15) is 29.7 Å². The molecule has 132 valence electrons. The number of carbonyl (C=O) groups excluding carboxylic acids is 1. The van der Waals surface area contributed by atoms with Gasteiger partial charge in [0.05, 0.1) is 17.6 Å². The van der Waals surface area contributed by atoms with Crippen LogP contribution < -0.4 is 10.6 Å². The first kappa shape index (κ1) is 17.8. The molecule has 0 saturated carbocycles. The van der Waals surface area contributed by atoms with Crippen LogP contribution in [0.3, 0.4) is 0 Å². The van der Waals surface area contributed by atoms with Crippen molar-refractivity contribution in [1.29, 1.82) is 0 Å². The molecule has 7 heteroatoms. The SMILES string of the molecule is C[C@@H](c1ccc(C(F)(F)F)cc1)N1C(=O)[C@H](N)Cc2ccc(Cl)cc21. The third kappa shape index (κ3) is 3.37. The molecule has 0 aromatic heterocycles. The molecule has 3 rings (SSSR count). The Morgan fingerprint density at radius 2 is 1.84 bits per heavy atom. The van der Waals surface area contributed by atoms with Crippen LogP contribution in [0.5, 0.6) is 0 Å². The van der Waals surface area contributed by atoms with Gasteiger partial charge in [0.2, 0.25) is 5.91 Å². The minimum Gasteiger partial charge on any atom is -0.320 e. The smallest absolute Gasteiger partial charge is 0.320 e. The molecule has 1 amide bonds. The first-order valence-corrected chi connectivity index (χ1v) is 8.10. The predicted octanol–water partition coefficient (Wildman–Crippen LogP) is 4.34. The molecule has 0 bridgehead atoms. The fourth-order valence-corrected chi connectivity index (χ4v) is 3.22. The van der Waals surface area contributed by atoms with E-state index in [9.17, 15) is 18.0 Å². The number of nitrogens with zero attached hydrogens (tertiary/aromatic N) is 1. The van der Waals surface area contributed by atoms with Crippen LogP contribution in [-0.4, -0.2) is 11.9 Å².